The van der Waals surface area contributed by atoms with Crippen molar-refractivity contribution in [3.05, 3.63) is 34.6 Å². The average molecular weight is 270 g/mol. The molecule has 2 N–H and O–H groups in total. The highest BCUT2D eigenvalue weighted by molar-refractivity contribution is 6.30. The van der Waals surface area contributed by atoms with Crippen LogP contribution in [0.4, 0.5) is 4.39 Å². The molecule has 0 saturated heterocycles. The minimum absolute atomic E-state index is 0.113. The van der Waals surface area contributed by atoms with Crippen molar-refractivity contribution in [1.82, 2.24) is 0 Å². The van der Waals surface area contributed by atoms with E-state index < -0.39 is 5.82 Å². The molecule has 4 heteroatoms. The Bertz CT molecular complexity index is 449. The molecule has 0 heterocycles. The molecular formula is C14H17ClFNO. The molecule has 2 unspecified atom stereocenters. The SMILES string of the molecule is NC1CCCCCC1C(=O)c1ccc(Cl)cc1F. The Labute approximate surface area is 111 Å². The van der Waals surface area contributed by atoms with Crippen molar-refractivity contribution in [3.63, 3.8) is 0 Å². The number of hydrogen-bond donors (Lipinski definition) is 1. The molecule has 0 bridgehead atoms. The van der Waals surface area contributed by atoms with Gasteiger partial charge in [-0.1, -0.05) is 30.9 Å². The largest absolute Gasteiger partial charge is 0.327 e. The quantitative estimate of drug-likeness (QED) is 0.659. The van der Waals surface area contributed by atoms with Crippen molar-refractivity contribution in [2.75, 3.05) is 0 Å². The molecule has 18 heavy (non-hydrogen) atoms. The van der Waals surface area contributed by atoms with E-state index >= 15 is 0 Å². The number of nitrogens with two attached hydrogens (primary N) is 1. The highest BCUT2D eigenvalue weighted by atomic mass is 35.5. The molecule has 0 amide bonds. The van der Waals surface area contributed by atoms with Gasteiger partial charge in [-0.25, -0.2) is 4.39 Å². The zero-order valence-electron chi connectivity index (χ0n) is 10.2. The Morgan fingerprint density at radius 2 is 2.00 bits per heavy atom. The summed E-state index contributed by atoms with van der Waals surface area (Å²) < 4.78 is 13.7. The highest BCUT2D eigenvalue weighted by Gasteiger charge is 2.29. The summed E-state index contributed by atoms with van der Waals surface area (Å²) in [5.41, 5.74) is 6.14. The summed E-state index contributed by atoms with van der Waals surface area (Å²) in [6.07, 6.45) is 4.72. The van der Waals surface area contributed by atoms with Gasteiger partial charge in [0.05, 0.1) is 5.56 Å². The molecule has 2 nitrogen and oxygen atoms in total. The molecule has 1 aliphatic rings. The van der Waals surface area contributed by atoms with E-state index in [1.54, 1.807) is 6.07 Å². The zero-order chi connectivity index (χ0) is 13.1. The van der Waals surface area contributed by atoms with E-state index in [0.29, 0.717) is 5.02 Å². The predicted octanol–water partition coefficient (Wildman–Crippen LogP) is 3.57. The van der Waals surface area contributed by atoms with Crippen LogP contribution in [0, 0.1) is 11.7 Å². The first-order valence-electron chi connectivity index (χ1n) is 6.34. The maximum absolute atomic E-state index is 13.7. The second kappa shape index (κ2) is 5.81. The van der Waals surface area contributed by atoms with Crippen LogP contribution in [0.1, 0.15) is 42.5 Å². The van der Waals surface area contributed by atoms with Gasteiger partial charge in [-0.3, -0.25) is 4.79 Å². The van der Waals surface area contributed by atoms with E-state index in [4.69, 9.17) is 17.3 Å². The van der Waals surface area contributed by atoms with Crippen molar-refractivity contribution >= 4 is 17.4 Å². The normalized spacial score (nSPS) is 24.6. The first kappa shape index (κ1) is 13.5. The maximum atomic E-state index is 13.7. The molecule has 1 fully saturated rings. The Morgan fingerprint density at radius 1 is 1.28 bits per heavy atom. The number of hydrogen-bond acceptors (Lipinski definition) is 2. The third-order valence-corrected chi connectivity index (χ3v) is 3.84. The fourth-order valence-electron chi connectivity index (χ4n) is 2.55. The molecule has 2 rings (SSSR count). The van der Waals surface area contributed by atoms with Crippen LogP contribution in [0.25, 0.3) is 0 Å². The van der Waals surface area contributed by atoms with E-state index in [2.05, 4.69) is 0 Å². The van der Waals surface area contributed by atoms with Gasteiger partial charge < -0.3 is 5.73 Å². The van der Waals surface area contributed by atoms with E-state index in [9.17, 15) is 9.18 Å². The van der Waals surface area contributed by atoms with Crippen molar-refractivity contribution in [2.24, 2.45) is 11.7 Å². The van der Waals surface area contributed by atoms with E-state index in [1.165, 1.54) is 12.1 Å². The zero-order valence-corrected chi connectivity index (χ0v) is 10.9. The number of benzene rings is 1. The second-order valence-corrected chi connectivity index (χ2v) is 5.33. The summed E-state index contributed by atoms with van der Waals surface area (Å²) in [6.45, 7) is 0. The van der Waals surface area contributed by atoms with Crippen LogP contribution in [-0.4, -0.2) is 11.8 Å². The molecule has 1 aromatic rings. The molecule has 2 atom stereocenters. The van der Waals surface area contributed by atoms with Crippen LogP contribution in [0.15, 0.2) is 18.2 Å². The van der Waals surface area contributed by atoms with Gasteiger partial charge >= 0.3 is 0 Å². The monoisotopic (exact) mass is 269 g/mol. The van der Waals surface area contributed by atoms with Gasteiger partial charge in [-0.15, -0.1) is 0 Å². The summed E-state index contributed by atoms with van der Waals surface area (Å²) in [5, 5.41) is 0.300. The van der Waals surface area contributed by atoms with Gasteiger partial charge in [0.25, 0.3) is 0 Å². The Hall–Kier alpha value is -0.930. The van der Waals surface area contributed by atoms with Crippen molar-refractivity contribution in [2.45, 2.75) is 38.1 Å². The van der Waals surface area contributed by atoms with Crippen LogP contribution < -0.4 is 5.73 Å². The molecule has 0 aliphatic heterocycles. The summed E-state index contributed by atoms with van der Waals surface area (Å²) in [6, 6.07) is 4.02. The third-order valence-electron chi connectivity index (χ3n) is 3.60. The number of rotatable bonds is 2. The minimum Gasteiger partial charge on any atom is -0.327 e. The molecule has 1 aromatic carbocycles. The Morgan fingerprint density at radius 3 is 2.72 bits per heavy atom. The predicted molar refractivity (Wildman–Crippen MR) is 70.3 cm³/mol. The number of carbonyl (C=O) groups is 1. The van der Waals surface area contributed by atoms with Crippen molar-refractivity contribution < 1.29 is 9.18 Å². The number of halogens is 2. The lowest BCUT2D eigenvalue weighted by Gasteiger charge is -2.20. The van der Waals surface area contributed by atoms with Crippen molar-refractivity contribution in [1.29, 1.82) is 0 Å². The van der Waals surface area contributed by atoms with Gasteiger partial charge in [0.15, 0.2) is 5.78 Å². The molecule has 0 spiro atoms. The maximum Gasteiger partial charge on any atom is 0.170 e. The van der Waals surface area contributed by atoms with Gasteiger partial charge in [0, 0.05) is 17.0 Å². The molecule has 0 aromatic heterocycles. The Balaban J connectivity index is 2.23. The first-order valence-corrected chi connectivity index (χ1v) is 6.72. The number of carbonyl (C=O) groups excluding carboxylic acids is 1. The fraction of sp³-hybridized carbons (Fsp3) is 0.500. The van der Waals surface area contributed by atoms with Gasteiger partial charge in [0.2, 0.25) is 0 Å². The number of ketones is 1. The van der Waals surface area contributed by atoms with Gasteiger partial charge in [-0.05, 0) is 31.0 Å². The second-order valence-electron chi connectivity index (χ2n) is 4.90. The van der Waals surface area contributed by atoms with Crippen LogP contribution >= 0.6 is 11.6 Å². The van der Waals surface area contributed by atoms with E-state index in [0.717, 1.165) is 32.1 Å². The smallest absolute Gasteiger partial charge is 0.170 e. The molecule has 98 valence electrons. The summed E-state index contributed by atoms with van der Waals surface area (Å²) in [7, 11) is 0. The highest BCUT2D eigenvalue weighted by Crippen LogP contribution is 2.27. The van der Waals surface area contributed by atoms with Gasteiger partial charge in [0.1, 0.15) is 5.82 Å². The summed E-state index contributed by atoms with van der Waals surface area (Å²) >= 11 is 5.69. The van der Waals surface area contributed by atoms with Crippen LogP contribution in [-0.2, 0) is 0 Å². The van der Waals surface area contributed by atoms with Crippen molar-refractivity contribution in [3.8, 4) is 0 Å². The lowest BCUT2D eigenvalue weighted by molar-refractivity contribution is 0.0890. The molecule has 1 aliphatic carbocycles. The summed E-state index contributed by atoms with van der Waals surface area (Å²) in [4.78, 5) is 12.3. The molecular weight excluding hydrogens is 253 g/mol. The van der Waals surface area contributed by atoms with E-state index in [1.807, 2.05) is 0 Å². The average Bonchev–Trinajstić information content (AvgIpc) is 2.53. The van der Waals surface area contributed by atoms with Crippen LogP contribution in [0.2, 0.25) is 5.02 Å². The third kappa shape index (κ3) is 2.90. The topological polar surface area (TPSA) is 43.1 Å². The first-order chi connectivity index (χ1) is 8.59. The van der Waals surface area contributed by atoms with Gasteiger partial charge in [-0.2, -0.15) is 0 Å². The van der Waals surface area contributed by atoms with Crippen LogP contribution in [0.3, 0.4) is 0 Å². The molecule has 1 saturated carbocycles. The minimum atomic E-state index is -0.552. The number of Topliss-reactive ketones (excluding diaryl/α,β-unsaturated/α-hetero) is 1. The lowest BCUT2D eigenvalue weighted by Crippen LogP contribution is -2.35. The standard InChI is InChI=1S/C14H17ClFNO/c15-9-6-7-10(12(16)8-9)14(18)11-4-2-1-3-5-13(11)17/h6-8,11,13H,1-5,17H2. The van der Waals surface area contributed by atoms with E-state index in [-0.39, 0.29) is 23.3 Å². The van der Waals surface area contributed by atoms with Crippen LogP contribution in [0.5, 0.6) is 0 Å². The summed E-state index contributed by atoms with van der Waals surface area (Å²) in [5.74, 6) is -0.995. The molecule has 0 radical (unpaired) electrons. The lowest BCUT2D eigenvalue weighted by atomic mass is 9.87. The fourth-order valence-corrected chi connectivity index (χ4v) is 2.71. The Kier molecular flexibility index (Phi) is 4.36.